The summed E-state index contributed by atoms with van der Waals surface area (Å²) >= 11 is 0. The van der Waals surface area contributed by atoms with Gasteiger partial charge in [0.25, 0.3) is 0 Å². The first kappa shape index (κ1) is 11.5. The van der Waals surface area contributed by atoms with E-state index in [1.165, 1.54) is 24.8 Å². The molecule has 1 aliphatic carbocycles. The monoisotopic (exact) mass is 219 g/mol. The fraction of sp³-hybridized carbons (Fsp3) is 0.571. The fourth-order valence-corrected chi connectivity index (χ4v) is 2.27. The fourth-order valence-electron chi connectivity index (χ4n) is 2.27. The zero-order valence-corrected chi connectivity index (χ0v) is 10.3. The molecular formula is C14H21NO. The van der Waals surface area contributed by atoms with Crippen molar-refractivity contribution in [3.63, 3.8) is 0 Å². The highest BCUT2D eigenvalue weighted by molar-refractivity contribution is 5.24. The Labute approximate surface area is 97.7 Å². The minimum atomic E-state index is 0.302. The zero-order chi connectivity index (χ0) is 11.4. The first-order valence-electron chi connectivity index (χ1n) is 6.30. The van der Waals surface area contributed by atoms with Crippen molar-refractivity contribution in [2.75, 3.05) is 6.54 Å². The van der Waals surface area contributed by atoms with Gasteiger partial charge in [0, 0.05) is 0 Å². The molecule has 1 N–H and O–H groups in total. The number of allylic oxidation sites excluding steroid dienone is 1. The van der Waals surface area contributed by atoms with E-state index >= 15 is 0 Å². The Morgan fingerprint density at radius 1 is 1.44 bits per heavy atom. The third-order valence-electron chi connectivity index (χ3n) is 3.09. The summed E-state index contributed by atoms with van der Waals surface area (Å²) in [6, 6.07) is 4.45. The van der Waals surface area contributed by atoms with E-state index in [-0.39, 0.29) is 0 Å². The molecule has 2 nitrogen and oxygen atoms in total. The van der Waals surface area contributed by atoms with Crippen molar-refractivity contribution in [3.05, 3.63) is 35.3 Å². The molecule has 0 aliphatic heterocycles. The van der Waals surface area contributed by atoms with Gasteiger partial charge < -0.3 is 9.73 Å². The molecule has 1 atom stereocenters. The maximum atomic E-state index is 5.75. The smallest absolute Gasteiger partial charge is 0.125 e. The molecule has 0 saturated heterocycles. The van der Waals surface area contributed by atoms with Crippen molar-refractivity contribution in [3.8, 4) is 0 Å². The van der Waals surface area contributed by atoms with Gasteiger partial charge in [0.1, 0.15) is 11.5 Å². The number of furan rings is 1. The molecule has 0 bridgehead atoms. The lowest BCUT2D eigenvalue weighted by Gasteiger charge is -2.17. The van der Waals surface area contributed by atoms with Gasteiger partial charge in [-0.25, -0.2) is 0 Å². The summed E-state index contributed by atoms with van der Waals surface area (Å²) in [4.78, 5) is 0. The van der Waals surface area contributed by atoms with Crippen LogP contribution >= 0.6 is 0 Å². The molecule has 16 heavy (non-hydrogen) atoms. The average molecular weight is 219 g/mol. The van der Waals surface area contributed by atoms with Gasteiger partial charge in [-0.2, -0.15) is 0 Å². The standard InChI is InChI=1S/C14H21NO/c1-3-10-15-14(12-6-4-5-7-12)13-9-8-11(2)16-13/h6,8-9,14-15H,3-5,7,10H2,1-2H3. The second kappa shape index (κ2) is 5.35. The van der Waals surface area contributed by atoms with Crippen LogP contribution in [0.2, 0.25) is 0 Å². The lowest BCUT2D eigenvalue weighted by atomic mass is 10.0. The molecule has 1 aliphatic rings. The molecule has 0 fully saturated rings. The van der Waals surface area contributed by atoms with E-state index in [0.29, 0.717) is 6.04 Å². The highest BCUT2D eigenvalue weighted by Crippen LogP contribution is 2.31. The lowest BCUT2D eigenvalue weighted by Crippen LogP contribution is -2.23. The van der Waals surface area contributed by atoms with Crippen molar-refractivity contribution < 1.29 is 4.42 Å². The van der Waals surface area contributed by atoms with Gasteiger partial charge in [0.05, 0.1) is 6.04 Å². The SMILES string of the molecule is CCCNC(C1=CCCC1)c1ccc(C)o1. The molecule has 0 saturated carbocycles. The Hall–Kier alpha value is -1.02. The molecule has 1 aromatic heterocycles. The first-order chi connectivity index (χ1) is 7.81. The van der Waals surface area contributed by atoms with E-state index in [0.717, 1.165) is 24.5 Å². The van der Waals surface area contributed by atoms with Crippen molar-refractivity contribution in [2.45, 2.75) is 45.6 Å². The maximum absolute atomic E-state index is 5.75. The van der Waals surface area contributed by atoms with E-state index in [9.17, 15) is 0 Å². The molecule has 0 amide bonds. The summed E-state index contributed by atoms with van der Waals surface area (Å²) in [5, 5.41) is 3.58. The number of nitrogens with one attached hydrogen (secondary N) is 1. The number of hydrogen-bond acceptors (Lipinski definition) is 2. The Morgan fingerprint density at radius 3 is 2.88 bits per heavy atom. The van der Waals surface area contributed by atoms with Gasteiger partial charge in [-0.1, -0.05) is 13.0 Å². The van der Waals surface area contributed by atoms with E-state index < -0.39 is 0 Å². The molecule has 1 unspecified atom stereocenters. The second-order valence-corrected chi connectivity index (χ2v) is 4.51. The van der Waals surface area contributed by atoms with E-state index in [2.05, 4.69) is 24.4 Å². The Morgan fingerprint density at radius 2 is 2.31 bits per heavy atom. The lowest BCUT2D eigenvalue weighted by molar-refractivity contribution is 0.424. The molecule has 2 heteroatoms. The van der Waals surface area contributed by atoms with Gasteiger partial charge in [0.15, 0.2) is 0 Å². The first-order valence-corrected chi connectivity index (χ1v) is 6.30. The summed E-state index contributed by atoms with van der Waals surface area (Å²) in [6.07, 6.45) is 7.24. The molecule has 1 heterocycles. The Bertz CT molecular complexity index is 365. The van der Waals surface area contributed by atoms with Crippen LogP contribution in [0.25, 0.3) is 0 Å². The topological polar surface area (TPSA) is 25.2 Å². The highest BCUT2D eigenvalue weighted by Gasteiger charge is 2.20. The Balaban J connectivity index is 2.13. The van der Waals surface area contributed by atoms with Crippen LogP contribution in [0.4, 0.5) is 0 Å². The number of aryl methyl sites for hydroxylation is 1. The molecule has 88 valence electrons. The molecule has 0 spiro atoms. The van der Waals surface area contributed by atoms with Crippen LogP contribution < -0.4 is 5.32 Å². The van der Waals surface area contributed by atoms with Crippen LogP contribution in [-0.4, -0.2) is 6.54 Å². The van der Waals surface area contributed by atoms with Gasteiger partial charge in [-0.3, -0.25) is 0 Å². The third-order valence-corrected chi connectivity index (χ3v) is 3.09. The van der Waals surface area contributed by atoms with Crippen molar-refractivity contribution in [1.29, 1.82) is 0 Å². The third kappa shape index (κ3) is 2.56. The van der Waals surface area contributed by atoms with Crippen LogP contribution in [0.15, 0.2) is 28.2 Å². The summed E-state index contributed by atoms with van der Waals surface area (Å²) in [5.74, 6) is 2.07. The number of hydrogen-bond donors (Lipinski definition) is 1. The van der Waals surface area contributed by atoms with Crippen LogP contribution in [0.5, 0.6) is 0 Å². The summed E-state index contributed by atoms with van der Waals surface area (Å²) in [5.41, 5.74) is 1.50. The van der Waals surface area contributed by atoms with Gasteiger partial charge in [-0.15, -0.1) is 0 Å². The molecular weight excluding hydrogens is 198 g/mol. The predicted molar refractivity (Wildman–Crippen MR) is 66.4 cm³/mol. The maximum Gasteiger partial charge on any atom is 0.125 e. The minimum absolute atomic E-state index is 0.302. The van der Waals surface area contributed by atoms with Crippen molar-refractivity contribution >= 4 is 0 Å². The molecule has 0 aromatic carbocycles. The van der Waals surface area contributed by atoms with Gasteiger partial charge in [0.2, 0.25) is 0 Å². The molecule has 1 aromatic rings. The predicted octanol–water partition coefficient (Wildman–Crippen LogP) is 3.74. The van der Waals surface area contributed by atoms with Crippen LogP contribution in [-0.2, 0) is 0 Å². The van der Waals surface area contributed by atoms with Gasteiger partial charge in [-0.05, 0) is 56.9 Å². The van der Waals surface area contributed by atoms with Crippen LogP contribution in [0.1, 0.15) is 50.2 Å². The van der Waals surface area contributed by atoms with Crippen molar-refractivity contribution in [1.82, 2.24) is 5.32 Å². The Kier molecular flexibility index (Phi) is 3.83. The largest absolute Gasteiger partial charge is 0.464 e. The van der Waals surface area contributed by atoms with E-state index in [4.69, 9.17) is 4.42 Å². The second-order valence-electron chi connectivity index (χ2n) is 4.51. The highest BCUT2D eigenvalue weighted by atomic mass is 16.3. The molecule has 0 radical (unpaired) electrons. The summed E-state index contributed by atoms with van der Waals surface area (Å²) in [7, 11) is 0. The average Bonchev–Trinajstić information content (AvgIpc) is 2.91. The zero-order valence-electron chi connectivity index (χ0n) is 10.3. The van der Waals surface area contributed by atoms with Crippen molar-refractivity contribution in [2.24, 2.45) is 0 Å². The van der Waals surface area contributed by atoms with Crippen LogP contribution in [0, 0.1) is 6.92 Å². The normalized spacial score (nSPS) is 17.5. The van der Waals surface area contributed by atoms with E-state index in [1.807, 2.05) is 13.0 Å². The quantitative estimate of drug-likeness (QED) is 0.763. The van der Waals surface area contributed by atoms with E-state index in [1.54, 1.807) is 0 Å². The van der Waals surface area contributed by atoms with Gasteiger partial charge >= 0.3 is 0 Å². The number of rotatable bonds is 5. The molecule has 2 rings (SSSR count). The summed E-state index contributed by atoms with van der Waals surface area (Å²) in [6.45, 7) is 5.24. The van der Waals surface area contributed by atoms with Crippen LogP contribution in [0.3, 0.4) is 0 Å². The minimum Gasteiger partial charge on any atom is -0.464 e. The summed E-state index contributed by atoms with van der Waals surface area (Å²) < 4.78 is 5.75.